The van der Waals surface area contributed by atoms with Crippen LogP contribution in [0.15, 0.2) is 52.0 Å². The highest BCUT2D eigenvalue weighted by Gasteiger charge is 2.46. The Kier molecular flexibility index (Phi) is 4.35. The highest BCUT2D eigenvalue weighted by Crippen LogP contribution is 2.57. The van der Waals surface area contributed by atoms with E-state index in [9.17, 15) is 13.2 Å². The zero-order valence-corrected chi connectivity index (χ0v) is 19.2. The van der Waals surface area contributed by atoms with Crippen LogP contribution in [0.25, 0.3) is 16.5 Å². The van der Waals surface area contributed by atoms with E-state index in [2.05, 4.69) is 28.0 Å². The number of fused-ring (bicyclic) bond motifs is 5. The molecule has 1 unspecified atom stereocenters. The smallest absolute Gasteiger partial charge is 0.283 e. The van der Waals surface area contributed by atoms with E-state index in [1.54, 1.807) is 30.5 Å². The molecule has 0 saturated heterocycles. The summed E-state index contributed by atoms with van der Waals surface area (Å²) in [6, 6.07) is 10.6. The van der Waals surface area contributed by atoms with Crippen LogP contribution < -0.4 is 0 Å². The summed E-state index contributed by atoms with van der Waals surface area (Å²) in [5, 5.41) is 5.12. The average Bonchev–Trinajstić information content (AvgIpc) is 3.31. The minimum absolute atomic E-state index is 0.0821. The molecule has 1 heterocycles. The number of Topliss-reactive ketones (excluding diaryl/α,β-unsaturated/α-hetero) is 1. The van der Waals surface area contributed by atoms with Gasteiger partial charge in [0.2, 0.25) is 0 Å². The molecule has 0 radical (unpaired) electrons. The summed E-state index contributed by atoms with van der Waals surface area (Å²) in [4.78, 5) is 12.6. The number of allylic oxidation sites excluding steroid dienone is 2. The van der Waals surface area contributed by atoms with Gasteiger partial charge in [0.15, 0.2) is 5.78 Å². The Hall–Kier alpha value is -2.25. The van der Waals surface area contributed by atoms with Crippen LogP contribution in [0, 0.1) is 12.3 Å². The van der Waals surface area contributed by atoms with Crippen LogP contribution in [0.3, 0.4) is 0 Å². The third-order valence-electron chi connectivity index (χ3n) is 6.66. The highest BCUT2D eigenvalue weighted by molar-refractivity contribution is 9.12. The molecule has 0 N–H and O–H groups in total. The Balaban J connectivity index is 1.71. The number of carbonyl (C=O) groups excluding carboxylic acids is 1. The number of rotatable bonds is 3. The van der Waals surface area contributed by atoms with Crippen molar-refractivity contribution in [1.29, 1.82) is 0 Å². The normalized spacial score (nSPS) is 21.2. The van der Waals surface area contributed by atoms with Gasteiger partial charge in [0.25, 0.3) is 10.0 Å². The first-order chi connectivity index (χ1) is 14.3. The third kappa shape index (κ3) is 2.61. The van der Waals surface area contributed by atoms with Gasteiger partial charge in [-0.1, -0.05) is 30.7 Å². The molecule has 5 rings (SSSR count). The Morgan fingerprint density at radius 2 is 1.90 bits per heavy atom. The Morgan fingerprint density at radius 3 is 2.60 bits per heavy atom. The molecule has 0 saturated carbocycles. The van der Waals surface area contributed by atoms with E-state index in [4.69, 9.17) is 0 Å². The third-order valence-corrected chi connectivity index (χ3v) is 9.12. The van der Waals surface area contributed by atoms with Crippen LogP contribution in [0.4, 0.5) is 0 Å². The second-order valence-electron chi connectivity index (χ2n) is 8.25. The summed E-state index contributed by atoms with van der Waals surface area (Å²) < 4.78 is 28.3. The lowest BCUT2D eigenvalue weighted by Gasteiger charge is -2.34. The van der Waals surface area contributed by atoms with Gasteiger partial charge in [-0.3, -0.25) is 4.79 Å². The molecule has 0 fully saturated rings. The van der Waals surface area contributed by atoms with E-state index in [-0.39, 0.29) is 16.1 Å². The number of ketones is 1. The molecule has 30 heavy (non-hydrogen) atoms. The summed E-state index contributed by atoms with van der Waals surface area (Å²) in [5.74, 6) is 0.139. The molecule has 5 nitrogen and oxygen atoms in total. The van der Waals surface area contributed by atoms with Gasteiger partial charge in [-0.15, -0.1) is 0 Å². The van der Waals surface area contributed by atoms with E-state index in [1.807, 2.05) is 19.1 Å². The zero-order chi connectivity index (χ0) is 21.3. The Labute approximate surface area is 184 Å². The van der Waals surface area contributed by atoms with Crippen molar-refractivity contribution in [2.75, 3.05) is 0 Å². The number of hydrogen-bond acceptors (Lipinski definition) is 4. The van der Waals surface area contributed by atoms with Gasteiger partial charge in [-0.25, -0.2) is 0 Å². The monoisotopic (exact) mass is 484 g/mol. The topological polar surface area (TPSA) is 69.0 Å². The lowest BCUT2D eigenvalue weighted by molar-refractivity contribution is -0.115. The van der Waals surface area contributed by atoms with Gasteiger partial charge in [0.1, 0.15) is 0 Å². The first kappa shape index (κ1) is 19.7. The van der Waals surface area contributed by atoms with Crippen molar-refractivity contribution in [1.82, 2.24) is 9.19 Å². The molecule has 0 bridgehead atoms. The van der Waals surface area contributed by atoms with E-state index in [1.165, 1.54) is 0 Å². The van der Waals surface area contributed by atoms with E-state index < -0.39 is 10.0 Å². The summed E-state index contributed by atoms with van der Waals surface area (Å²) in [5.41, 5.74) is 4.69. The number of benzene rings is 2. The van der Waals surface area contributed by atoms with Gasteiger partial charge >= 0.3 is 0 Å². The van der Waals surface area contributed by atoms with Crippen LogP contribution in [0.5, 0.6) is 0 Å². The summed E-state index contributed by atoms with van der Waals surface area (Å²) in [6.07, 6.45) is 4.73. The van der Waals surface area contributed by atoms with Gasteiger partial charge in [0, 0.05) is 17.2 Å². The molecule has 1 aromatic heterocycles. The maximum atomic E-state index is 13.2. The molecule has 2 aromatic carbocycles. The Morgan fingerprint density at radius 1 is 1.17 bits per heavy atom. The predicted octanol–water partition coefficient (Wildman–Crippen LogP) is 5.00. The highest BCUT2D eigenvalue weighted by atomic mass is 79.9. The second kappa shape index (κ2) is 6.62. The van der Waals surface area contributed by atoms with Crippen LogP contribution in [-0.2, 0) is 21.2 Å². The van der Waals surface area contributed by atoms with Gasteiger partial charge < -0.3 is 0 Å². The maximum Gasteiger partial charge on any atom is 0.283 e. The second-order valence-corrected chi connectivity index (χ2v) is 10.8. The fraction of sp³-hybridized carbons (Fsp3) is 0.304. The van der Waals surface area contributed by atoms with Crippen molar-refractivity contribution < 1.29 is 13.2 Å². The number of nitrogens with zero attached hydrogens (tertiary/aromatic N) is 2. The molecule has 154 valence electrons. The van der Waals surface area contributed by atoms with Gasteiger partial charge in [0.05, 0.1) is 21.1 Å². The minimum atomic E-state index is -3.79. The summed E-state index contributed by atoms with van der Waals surface area (Å²) in [7, 11) is -3.79. The first-order valence-corrected chi connectivity index (χ1v) is 12.3. The number of aryl methyl sites for hydroxylation is 1. The molecule has 1 atom stereocenters. The molecular weight excluding hydrogens is 464 g/mol. The van der Waals surface area contributed by atoms with Crippen LogP contribution in [0.2, 0.25) is 0 Å². The Bertz CT molecular complexity index is 1350. The standard InChI is InChI=1S/C23H21BrN2O3S/c1-3-23-11-10-20(27)22(24)21(23)16-8-9-19-18(17(16)12-23)13-25-26(19)30(28,29)15-6-4-14(2)5-7-15/h4-9,13H,3,10-12H2,1-2H3. The van der Waals surface area contributed by atoms with Crippen molar-refractivity contribution in [3.63, 3.8) is 0 Å². The lowest BCUT2D eigenvalue weighted by atomic mass is 9.71. The quantitative estimate of drug-likeness (QED) is 0.524. The van der Waals surface area contributed by atoms with Crippen LogP contribution in [-0.4, -0.2) is 23.4 Å². The molecule has 0 aliphatic heterocycles. The SMILES string of the molecule is CCC12CCC(=O)C(Br)=C1c1ccc3c(cnn3S(=O)(=O)c3ccc(C)cc3)c1C2. The summed E-state index contributed by atoms with van der Waals surface area (Å²) in [6.45, 7) is 4.08. The van der Waals surface area contributed by atoms with Gasteiger partial charge in [-0.2, -0.15) is 17.6 Å². The predicted molar refractivity (Wildman–Crippen MR) is 120 cm³/mol. The number of aromatic nitrogens is 2. The molecule has 7 heteroatoms. The molecule has 0 amide bonds. The maximum absolute atomic E-state index is 13.2. The van der Waals surface area contributed by atoms with Crippen molar-refractivity contribution in [2.45, 2.75) is 44.4 Å². The zero-order valence-electron chi connectivity index (χ0n) is 16.8. The lowest BCUT2D eigenvalue weighted by Crippen LogP contribution is -2.26. The van der Waals surface area contributed by atoms with E-state index >= 15 is 0 Å². The fourth-order valence-corrected chi connectivity index (χ4v) is 7.02. The molecule has 2 aliphatic carbocycles. The van der Waals surface area contributed by atoms with Gasteiger partial charge in [-0.05, 0) is 77.0 Å². The number of carbonyl (C=O) groups is 1. The minimum Gasteiger partial charge on any atom is -0.294 e. The van der Waals surface area contributed by atoms with E-state index in [0.29, 0.717) is 16.4 Å². The van der Waals surface area contributed by atoms with Crippen molar-refractivity contribution in [3.05, 3.63) is 63.8 Å². The van der Waals surface area contributed by atoms with Crippen LogP contribution in [0.1, 0.15) is 42.9 Å². The van der Waals surface area contributed by atoms with Crippen molar-refractivity contribution in [3.8, 4) is 0 Å². The molecular formula is C23H21BrN2O3S. The van der Waals surface area contributed by atoms with Crippen molar-refractivity contribution in [2.24, 2.45) is 5.41 Å². The van der Waals surface area contributed by atoms with Crippen LogP contribution >= 0.6 is 15.9 Å². The fourth-order valence-electron chi connectivity index (χ4n) is 4.92. The van der Waals surface area contributed by atoms with Crippen molar-refractivity contribution >= 4 is 48.2 Å². The first-order valence-electron chi connectivity index (χ1n) is 10.0. The van der Waals surface area contributed by atoms with E-state index in [0.717, 1.165) is 51.0 Å². The number of hydrogen-bond donors (Lipinski definition) is 0. The molecule has 0 spiro atoms. The summed E-state index contributed by atoms with van der Waals surface area (Å²) >= 11 is 3.56. The molecule has 2 aliphatic rings. The number of halogens is 1. The molecule has 3 aromatic rings. The largest absolute Gasteiger partial charge is 0.294 e. The average molecular weight is 485 g/mol.